The number of thioether (sulfide) groups is 1. The number of hydrogen-bond acceptors (Lipinski definition) is 6. The van der Waals surface area contributed by atoms with E-state index in [9.17, 15) is 0 Å². The Balaban J connectivity index is 1.29. The quantitative estimate of drug-likeness (QED) is 0.597. The minimum Gasteiger partial charge on any atom is -0.369 e. The van der Waals surface area contributed by atoms with Gasteiger partial charge < -0.3 is 5.32 Å². The number of aromatic nitrogens is 4. The highest BCUT2D eigenvalue weighted by atomic mass is 32.2. The molecule has 1 aliphatic heterocycles. The van der Waals surface area contributed by atoms with E-state index in [0.717, 1.165) is 30.1 Å². The van der Waals surface area contributed by atoms with Crippen LogP contribution in [0.2, 0.25) is 0 Å². The summed E-state index contributed by atoms with van der Waals surface area (Å²) in [4.78, 5) is 14.1. The van der Waals surface area contributed by atoms with Gasteiger partial charge in [-0.2, -0.15) is 9.61 Å². The summed E-state index contributed by atoms with van der Waals surface area (Å²) >= 11 is 1.86. The molecule has 4 heterocycles. The maximum Gasteiger partial charge on any atom is 0.157 e. The lowest BCUT2D eigenvalue weighted by atomic mass is 9.98. The lowest BCUT2D eigenvalue weighted by Crippen LogP contribution is -2.24. The Morgan fingerprint density at radius 1 is 1.27 bits per heavy atom. The van der Waals surface area contributed by atoms with Crippen molar-refractivity contribution < 1.29 is 0 Å². The molecule has 1 N–H and O–H groups in total. The molecule has 2 aliphatic rings. The highest BCUT2D eigenvalue weighted by Gasteiger charge is 2.40. The standard InChI is InChI=1S/C23H28N6S/c1-14(10-17-11-18(17)19-6-4-5-8-24-19)20-12-23(29-22(28-20)7-9-26-29)25-13-21-15(2)27-16(3)30-21/h4-9,12,14-15,17-18,21,25H,10-11,13H2,1-3H3/t14?,15?,17-,18-,21?/m1/s1. The number of rotatable bonds is 7. The van der Waals surface area contributed by atoms with E-state index in [4.69, 9.17) is 4.98 Å². The van der Waals surface area contributed by atoms with E-state index in [0.29, 0.717) is 29.0 Å². The van der Waals surface area contributed by atoms with Crippen molar-refractivity contribution in [2.24, 2.45) is 10.9 Å². The average molecular weight is 421 g/mol. The van der Waals surface area contributed by atoms with Crippen LogP contribution in [-0.4, -0.2) is 42.5 Å². The summed E-state index contributed by atoms with van der Waals surface area (Å²) in [5, 5.41) is 9.72. The third-order valence-electron chi connectivity index (χ3n) is 6.26. The monoisotopic (exact) mass is 420 g/mol. The van der Waals surface area contributed by atoms with Gasteiger partial charge in [0.05, 0.1) is 22.5 Å². The Hall–Kier alpha value is -2.41. The molecule has 0 spiro atoms. The van der Waals surface area contributed by atoms with E-state index in [-0.39, 0.29) is 0 Å². The van der Waals surface area contributed by atoms with E-state index in [1.807, 2.05) is 40.8 Å². The topological polar surface area (TPSA) is 67.5 Å². The zero-order valence-corrected chi connectivity index (χ0v) is 18.5. The summed E-state index contributed by atoms with van der Waals surface area (Å²) in [6.07, 6.45) is 6.09. The van der Waals surface area contributed by atoms with E-state index in [2.05, 4.69) is 59.4 Å². The first-order valence-electron chi connectivity index (χ1n) is 10.8. The Bertz CT molecular complexity index is 1060. The fraction of sp³-hybridized carbons (Fsp3) is 0.478. The Labute approximate surface area is 181 Å². The molecule has 0 radical (unpaired) electrons. The first kappa shape index (κ1) is 19.5. The van der Waals surface area contributed by atoms with Crippen molar-refractivity contribution >= 4 is 28.3 Å². The zero-order chi connectivity index (χ0) is 20.7. The van der Waals surface area contributed by atoms with Crippen molar-refractivity contribution in [1.82, 2.24) is 19.6 Å². The van der Waals surface area contributed by atoms with Crippen LogP contribution in [0.4, 0.5) is 5.82 Å². The molecule has 1 aliphatic carbocycles. The second-order valence-electron chi connectivity index (χ2n) is 8.59. The summed E-state index contributed by atoms with van der Waals surface area (Å²) in [6, 6.07) is 10.7. The van der Waals surface area contributed by atoms with Crippen LogP contribution in [0.3, 0.4) is 0 Å². The van der Waals surface area contributed by atoms with Gasteiger partial charge in [0.25, 0.3) is 0 Å². The largest absolute Gasteiger partial charge is 0.369 e. The Morgan fingerprint density at radius 2 is 2.17 bits per heavy atom. The second-order valence-corrected chi connectivity index (χ2v) is 10.0. The molecule has 1 saturated carbocycles. The maximum atomic E-state index is 4.90. The van der Waals surface area contributed by atoms with E-state index >= 15 is 0 Å². The van der Waals surface area contributed by atoms with Crippen LogP contribution >= 0.6 is 11.8 Å². The fourth-order valence-electron chi connectivity index (χ4n) is 4.49. The third-order valence-corrected chi connectivity index (χ3v) is 7.57. The van der Waals surface area contributed by atoms with E-state index in [1.54, 1.807) is 0 Å². The molecule has 3 unspecified atom stereocenters. The van der Waals surface area contributed by atoms with Crippen molar-refractivity contribution in [3.8, 4) is 0 Å². The number of aliphatic imine (C=N–C) groups is 1. The molecule has 5 atom stereocenters. The predicted molar refractivity (Wildman–Crippen MR) is 124 cm³/mol. The smallest absolute Gasteiger partial charge is 0.157 e. The molecule has 6 nitrogen and oxygen atoms in total. The number of hydrogen-bond donors (Lipinski definition) is 1. The minimum absolute atomic E-state index is 0.342. The number of pyridine rings is 1. The van der Waals surface area contributed by atoms with Gasteiger partial charge in [-0.25, -0.2) is 4.98 Å². The number of nitrogens with one attached hydrogen (secondary N) is 1. The van der Waals surface area contributed by atoms with Crippen molar-refractivity contribution in [2.45, 2.75) is 56.7 Å². The molecular formula is C23H28N6S. The van der Waals surface area contributed by atoms with Gasteiger partial charge >= 0.3 is 0 Å². The van der Waals surface area contributed by atoms with Crippen LogP contribution in [0.15, 0.2) is 47.7 Å². The molecule has 0 saturated heterocycles. The Morgan fingerprint density at radius 3 is 2.93 bits per heavy atom. The normalized spacial score (nSPS) is 26.6. The van der Waals surface area contributed by atoms with Crippen LogP contribution in [0.1, 0.15) is 56.8 Å². The zero-order valence-electron chi connectivity index (χ0n) is 17.7. The summed E-state index contributed by atoms with van der Waals surface area (Å²) in [5.74, 6) is 2.72. The van der Waals surface area contributed by atoms with Crippen molar-refractivity contribution in [1.29, 1.82) is 0 Å². The minimum atomic E-state index is 0.342. The second kappa shape index (κ2) is 8.02. The lowest BCUT2D eigenvalue weighted by molar-refractivity contribution is 0.591. The van der Waals surface area contributed by atoms with Gasteiger partial charge in [-0.05, 0) is 50.7 Å². The summed E-state index contributed by atoms with van der Waals surface area (Å²) < 4.78 is 1.90. The van der Waals surface area contributed by atoms with Gasteiger partial charge in [0, 0.05) is 42.2 Å². The molecule has 3 aromatic heterocycles. The van der Waals surface area contributed by atoms with Crippen LogP contribution in [0, 0.1) is 5.92 Å². The van der Waals surface area contributed by atoms with Gasteiger partial charge in [0.2, 0.25) is 0 Å². The first-order valence-corrected chi connectivity index (χ1v) is 11.7. The van der Waals surface area contributed by atoms with Crippen LogP contribution in [0.5, 0.6) is 0 Å². The molecule has 1 fully saturated rings. The summed E-state index contributed by atoms with van der Waals surface area (Å²) in [5.41, 5.74) is 3.27. The van der Waals surface area contributed by atoms with Crippen molar-refractivity contribution in [2.75, 3.05) is 11.9 Å². The third kappa shape index (κ3) is 3.95. The highest BCUT2D eigenvalue weighted by molar-refractivity contribution is 8.14. The van der Waals surface area contributed by atoms with Crippen molar-refractivity contribution in [3.63, 3.8) is 0 Å². The molecule has 7 heteroatoms. The molecule has 5 rings (SSSR count). The van der Waals surface area contributed by atoms with E-state index in [1.165, 1.54) is 17.2 Å². The molecule has 0 aromatic carbocycles. The van der Waals surface area contributed by atoms with Crippen LogP contribution in [0.25, 0.3) is 5.65 Å². The predicted octanol–water partition coefficient (Wildman–Crippen LogP) is 4.76. The van der Waals surface area contributed by atoms with E-state index < -0.39 is 0 Å². The summed E-state index contributed by atoms with van der Waals surface area (Å²) in [6.45, 7) is 7.44. The van der Waals surface area contributed by atoms with Gasteiger partial charge in [-0.3, -0.25) is 9.98 Å². The van der Waals surface area contributed by atoms with Crippen molar-refractivity contribution in [3.05, 3.63) is 54.1 Å². The molecule has 0 bridgehead atoms. The molecule has 0 amide bonds. The number of nitrogens with zero attached hydrogens (tertiary/aromatic N) is 5. The molecule has 156 valence electrons. The summed E-state index contributed by atoms with van der Waals surface area (Å²) in [7, 11) is 0. The van der Waals surface area contributed by atoms with Gasteiger partial charge in [0.15, 0.2) is 5.65 Å². The Kier molecular flexibility index (Phi) is 5.23. The average Bonchev–Trinajstić information content (AvgIpc) is 3.19. The van der Waals surface area contributed by atoms with Gasteiger partial charge in [-0.15, -0.1) is 11.8 Å². The first-order chi connectivity index (χ1) is 14.6. The van der Waals surface area contributed by atoms with Crippen LogP contribution < -0.4 is 5.32 Å². The van der Waals surface area contributed by atoms with Gasteiger partial charge in [-0.1, -0.05) is 13.0 Å². The number of fused-ring (bicyclic) bond motifs is 1. The van der Waals surface area contributed by atoms with Gasteiger partial charge in [0.1, 0.15) is 5.82 Å². The fourth-order valence-corrected chi connectivity index (χ4v) is 5.58. The van der Waals surface area contributed by atoms with Crippen LogP contribution in [-0.2, 0) is 0 Å². The SMILES string of the molecule is CC1=NC(C)C(CNc2cc(C(C)C[C@@H]3C[C@H]3c3ccccn3)nc3ccnn23)S1. The maximum absolute atomic E-state index is 4.90. The highest BCUT2D eigenvalue weighted by Crippen LogP contribution is 2.51. The lowest BCUT2D eigenvalue weighted by Gasteiger charge is -2.18. The number of anilines is 1. The molecular weight excluding hydrogens is 392 g/mol. The molecule has 3 aromatic rings. The molecule has 30 heavy (non-hydrogen) atoms.